The van der Waals surface area contributed by atoms with Crippen LogP contribution in [0, 0.1) is 6.92 Å². The van der Waals surface area contributed by atoms with E-state index in [-0.39, 0.29) is 17.1 Å². The van der Waals surface area contributed by atoms with Gasteiger partial charge in [-0.3, -0.25) is 4.98 Å². The zero-order valence-corrected chi connectivity index (χ0v) is 15.3. The minimum absolute atomic E-state index is 0.101. The highest BCUT2D eigenvalue weighted by Crippen LogP contribution is 2.34. The second-order valence-corrected chi connectivity index (χ2v) is 8.22. The number of alkyl halides is 3. The third-order valence-electron chi connectivity index (χ3n) is 4.05. The molecule has 27 heavy (non-hydrogen) atoms. The summed E-state index contributed by atoms with van der Waals surface area (Å²) in [5, 5.41) is 0. The molecule has 0 aliphatic heterocycles. The van der Waals surface area contributed by atoms with E-state index in [9.17, 15) is 21.6 Å². The Balaban J connectivity index is 2.13. The largest absolute Gasteiger partial charge is 0.417 e. The third kappa shape index (κ3) is 3.87. The molecule has 0 spiro atoms. The molecular formula is C18H16F3N3O2S. The van der Waals surface area contributed by atoms with Gasteiger partial charge in [-0.15, -0.1) is 0 Å². The van der Waals surface area contributed by atoms with Gasteiger partial charge in [0.2, 0.25) is 0 Å². The lowest BCUT2D eigenvalue weighted by molar-refractivity contribution is -0.138. The fourth-order valence-electron chi connectivity index (χ4n) is 2.49. The van der Waals surface area contributed by atoms with Crippen LogP contribution in [-0.2, 0) is 16.0 Å². The van der Waals surface area contributed by atoms with Crippen molar-refractivity contribution < 1.29 is 21.6 Å². The molecule has 9 heteroatoms. The van der Waals surface area contributed by atoms with Crippen LogP contribution in [0.3, 0.4) is 0 Å². The smallest absolute Gasteiger partial charge is 0.306 e. The molecule has 3 aromatic rings. The summed E-state index contributed by atoms with van der Waals surface area (Å²) in [6.45, 7) is 3.31. The maximum Gasteiger partial charge on any atom is 0.417 e. The van der Waals surface area contributed by atoms with Gasteiger partial charge in [0.15, 0.2) is 9.84 Å². The van der Waals surface area contributed by atoms with Crippen molar-refractivity contribution >= 4 is 9.84 Å². The topological polar surface area (TPSA) is 64.8 Å². The highest BCUT2D eigenvalue weighted by Gasteiger charge is 2.33. The SMILES string of the molecule is CCS(=O)(=O)c1cc(C(F)(F)F)cnc1-c1cn(-c2ccc(C)cc2)cn1. The molecule has 0 aliphatic carbocycles. The third-order valence-corrected chi connectivity index (χ3v) is 5.79. The Morgan fingerprint density at radius 3 is 2.37 bits per heavy atom. The average Bonchev–Trinajstić information content (AvgIpc) is 3.11. The van der Waals surface area contributed by atoms with Crippen molar-refractivity contribution in [1.29, 1.82) is 0 Å². The van der Waals surface area contributed by atoms with Gasteiger partial charge in [0.1, 0.15) is 11.4 Å². The summed E-state index contributed by atoms with van der Waals surface area (Å²) < 4.78 is 65.3. The number of rotatable bonds is 4. The highest BCUT2D eigenvalue weighted by molar-refractivity contribution is 7.91. The second-order valence-electron chi connectivity index (χ2n) is 5.97. The van der Waals surface area contributed by atoms with Gasteiger partial charge < -0.3 is 4.57 Å². The first-order valence-electron chi connectivity index (χ1n) is 8.03. The molecule has 0 atom stereocenters. The molecule has 0 radical (unpaired) electrons. The minimum Gasteiger partial charge on any atom is -0.306 e. The van der Waals surface area contributed by atoms with Crippen LogP contribution in [0.25, 0.3) is 17.1 Å². The molecule has 2 heterocycles. The van der Waals surface area contributed by atoms with Gasteiger partial charge in [-0.2, -0.15) is 13.2 Å². The summed E-state index contributed by atoms with van der Waals surface area (Å²) >= 11 is 0. The number of benzene rings is 1. The fourth-order valence-corrected chi connectivity index (χ4v) is 3.56. The van der Waals surface area contributed by atoms with E-state index in [4.69, 9.17) is 0 Å². The Morgan fingerprint density at radius 1 is 1.11 bits per heavy atom. The molecule has 142 valence electrons. The van der Waals surface area contributed by atoms with Crippen LogP contribution in [-0.4, -0.2) is 28.7 Å². The van der Waals surface area contributed by atoms with Crippen molar-refractivity contribution in [2.24, 2.45) is 0 Å². The van der Waals surface area contributed by atoms with Crippen molar-refractivity contribution in [3.05, 3.63) is 60.2 Å². The second kappa shape index (κ2) is 6.80. The number of sulfone groups is 1. The van der Waals surface area contributed by atoms with Gasteiger partial charge in [0.25, 0.3) is 0 Å². The Labute approximate surface area is 154 Å². The lowest BCUT2D eigenvalue weighted by atomic mass is 10.2. The lowest BCUT2D eigenvalue weighted by Crippen LogP contribution is -2.12. The van der Waals surface area contributed by atoms with Crippen molar-refractivity contribution in [3.63, 3.8) is 0 Å². The quantitative estimate of drug-likeness (QED) is 0.668. The zero-order chi connectivity index (χ0) is 19.8. The maximum absolute atomic E-state index is 13.0. The molecule has 5 nitrogen and oxygen atoms in total. The fraction of sp³-hybridized carbons (Fsp3) is 0.222. The summed E-state index contributed by atoms with van der Waals surface area (Å²) in [5.41, 5.74) is 0.814. The Hall–Kier alpha value is -2.68. The predicted octanol–water partition coefficient (Wildman–Crippen LogP) is 4.06. The van der Waals surface area contributed by atoms with Crippen LogP contribution in [0.2, 0.25) is 0 Å². The number of halogens is 3. The molecule has 0 aliphatic rings. The monoisotopic (exact) mass is 395 g/mol. The molecule has 0 amide bonds. The molecule has 2 aromatic heterocycles. The van der Waals surface area contributed by atoms with Crippen molar-refractivity contribution in [2.45, 2.75) is 24.9 Å². The number of aromatic nitrogens is 3. The molecule has 0 N–H and O–H groups in total. The van der Waals surface area contributed by atoms with E-state index in [1.807, 2.05) is 31.2 Å². The van der Waals surface area contributed by atoms with Gasteiger partial charge in [-0.1, -0.05) is 24.6 Å². The summed E-state index contributed by atoms with van der Waals surface area (Å²) in [4.78, 5) is 7.44. The number of pyridine rings is 1. The van der Waals surface area contributed by atoms with Crippen LogP contribution >= 0.6 is 0 Å². The van der Waals surface area contributed by atoms with Crippen LogP contribution in [0.15, 0.2) is 53.9 Å². The van der Waals surface area contributed by atoms with Gasteiger partial charge in [0.05, 0.1) is 22.5 Å². The van der Waals surface area contributed by atoms with E-state index in [2.05, 4.69) is 9.97 Å². The van der Waals surface area contributed by atoms with E-state index in [0.29, 0.717) is 12.3 Å². The summed E-state index contributed by atoms with van der Waals surface area (Å²) in [6, 6.07) is 8.12. The average molecular weight is 395 g/mol. The number of hydrogen-bond donors (Lipinski definition) is 0. The van der Waals surface area contributed by atoms with Gasteiger partial charge in [-0.05, 0) is 25.1 Å². The first kappa shape index (κ1) is 19.1. The summed E-state index contributed by atoms with van der Waals surface area (Å²) in [5.74, 6) is -0.346. The van der Waals surface area contributed by atoms with E-state index >= 15 is 0 Å². The molecule has 0 bridgehead atoms. The zero-order valence-electron chi connectivity index (χ0n) is 14.5. The van der Waals surface area contributed by atoms with E-state index in [1.54, 1.807) is 4.57 Å². The number of nitrogens with zero attached hydrogens (tertiary/aromatic N) is 3. The van der Waals surface area contributed by atoms with E-state index in [0.717, 1.165) is 11.3 Å². The molecule has 3 rings (SSSR count). The molecule has 0 unspecified atom stereocenters. The highest BCUT2D eigenvalue weighted by atomic mass is 32.2. The van der Waals surface area contributed by atoms with Crippen molar-refractivity contribution in [2.75, 3.05) is 5.75 Å². The predicted molar refractivity (Wildman–Crippen MR) is 94.3 cm³/mol. The van der Waals surface area contributed by atoms with E-state index < -0.39 is 26.5 Å². The minimum atomic E-state index is -4.69. The standard InChI is InChI=1S/C18H16F3N3O2S/c1-3-27(25,26)16-8-13(18(19,20)21)9-22-17(16)15-10-24(11-23-15)14-6-4-12(2)5-7-14/h4-11H,3H2,1-2H3. The lowest BCUT2D eigenvalue weighted by Gasteiger charge is -2.11. The molecule has 0 fully saturated rings. The Bertz CT molecular complexity index is 1070. The Kier molecular flexibility index (Phi) is 4.81. The van der Waals surface area contributed by atoms with Crippen LogP contribution in [0.1, 0.15) is 18.1 Å². The summed E-state index contributed by atoms with van der Waals surface area (Å²) in [7, 11) is -3.93. The molecular weight excluding hydrogens is 379 g/mol. The number of hydrogen-bond acceptors (Lipinski definition) is 4. The number of imidazole rings is 1. The van der Waals surface area contributed by atoms with Gasteiger partial charge in [-0.25, -0.2) is 13.4 Å². The van der Waals surface area contributed by atoms with Crippen LogP contribution in [0.5, 0.6) is 0 Å². The maximum atomic E-state index is 13.0. The van der Waals surface area contributed by atoms with E-state index in [1.165, 1.54) is 19.4 Å². The van der Waals surface area contributed by atoms with Crippen molar-refractivity contribution in [3.8, 4) is 17.1 Å². The Morgan fingerprint density at radius 2 is 1.78 bits per heavy atom. The molecule has 0 saturated carbocycles. The van der Waals surface area contributed by atoms with Crippen molar-refractivity contribution in [1.82, 2.24) is 14.5 Å². The van der Waals surface area contributed by atoms with Gasteiger partial charge >= 0.3 is 6.18 Å². The first-order chi connectivity index (χ1) is 12.6. The molecule has 0 saturated heterocycles. The number of aryl methyl sites for hydroxylation is 1. The normalized spacial score (nSPS) is 12.3. The molecule has 1 aromatic carbocycles. The van der Waals surface area contributed by atoms with Crippen LogP contribution in [0.4, 0.5) is 13.2 Å². The summed E-state index contributed by atoms with van der Waals surface area (Å²) in [6.07, 6.45) is -1.07. The van der Waals surface area contributed by atoms with Gasteiger partial charge in [0, 0.05) is 18.1 Å². The first-order valence-corrected chi connectivity index (χ1v) is 9.68. The van der Waals surface area contributed by atoms with Crippen LogP contribution < -0.4 is 0 Å².